The summed E-state index contributed by atoms with van der Waals surface area (Å²) in [5, 5.41) is 3.43. The van der Waals surface area contributed by atoms with Crippen molar-refractivity contribution < 1.29 is 0 Å². The number of aromatic nitrogens is 2. The van der Waals surface area contributed by atoms with Crippen LogP contribution in [0.15, 0.2) is 24.5 Å². The molecule has 0 aromatic carbocycles. The Hall–Kier alpha value is -1.26. The Morgan fingerprint density at radius 1 is 1.24 bits per heavy atom. The molecule has 0 saturated carbocycles. The van der Waals surface area contributed by atoms with E-state index in [2.05, 4.69) is 41.3 Å². The third-order valence-electron chi connectivity index (χ3n) is 2.51. The van der Waals surface area contributed by atoms with Crippen LogP contribution in [0.1, 0.15) is 34.1 Å². The summed E-state index contributed by atoms with van der Waals surface area (Å²) in [4.78, 5) is 11.4. The Morgan fingerprint density at radius 2 is 1.94 bits per heavy atom. The number of aryl methyl sites for hydroxylation is 2. The Morgan fingerprint density at radius 3 is 2.47 bits per heavy atom. The zero-order chi connectivity index (χ0) is 12.3. The summed E-state index contributed by atoms with van der Waals surface area (Å²) >= 11 is 1.79. The van der Waals surface area contributed by atoms with Gasteiger partial charge in [0.15, 0.2) is 0 Å². The highest BCUT2D eigenvalue weighted by Gasteiger charge is 2.17. The lowest BCUT2D eigenvalue weighted by Crippen LogP contribution is -2.23. The Bertz CT molecular complexity index is 476. The van der Waals surface area contributed by atoms with E-state index in [0.717, 1.165) is 17.9 Å². The zero-order valence-electron chi connectivity index (χ0n) is 10.4. The van der Waals surface area contributed by atoms with Crippen LogP contribution in [0.4, 0.5) is 0 Å². The largest absolute Gasteiger partial charge is 0.303 e. The van der Waals surface area contributed by atoms with Gasteiger partial charge in [0.25, 0.3) is 0 Å². The van der Waals surface area contributed by atoms with Crippen LogP contribution in [0.25, 0.3) is 0 Å². The van der Waals surface area contributed by atoms with Crippen molar-refractivity contribution >= 4 is 11.3 Å². The highest BCUT2D eigenvalue weighted by atomic mass is 32.1. The second-order valence-corrected chi connectivity index (χ2v) is 5.38. The molecule has 0 spiro atoms. The molecule has 2 aromatic heterocycles. The minimum absolute atomic E-state index is 0.110. The van der Waals surface area contributed by atoms with Crippen LogP contribution in [-0.4, -0.2) is 16.5 Å². The van der Waals surface area contributed by atoms with E-state index in [1.807, 2.05) is 19.3 Å². The van der Waals surface area contributed by atoms with Gasteiger partial charge in [0.2, 0.25) is 0 Å². The van der Waals surface area contributed by atoms with E-state index in [1.165, 1.54) is 9.75 Å². The highest BCUT2D eigenvalue weighted by Crippen LogP contribution is 2.26. The van der Waals surface area contributed by atoms with Gasteiger partial charge in [0.1, 0.15) is 11.9 Å². The summed E-state index contributed by atoms with van der Waals surface area (Å²) in [5.74, 6) is 0.847. The van der Waals surface area contributed by atoms with Gasteiger partial charge in [-0.3, -0.25) is 0 Å². The quantitative estimate of drug-likeness (QED) is 0.902. The molecule has 0 aliphatic heterocycles. The molecular formula is C13H17N3S. The third kappa shape index (κ3) is 2.90. The molecule has 1 N–H and O–H groups in total. The van der Waals surface area contributed by atoms with E-state index in [0.29, 0.717) is 0 Å². The molecule has 4 heteroatoms. The number of thiophene rings is 1. The van der Waals surface area contributed by atoms with Gasteiger partial charge in [-0.15, -0.1) is 11.3 Å². The predicted molar refractivity (Wildman–Crippen MR) is 71.3 cm³/mol. The fraction of sp³-hybridized carbons (Fsp3) is 0.385. The summed E-state index contributed by atoms with van der Waals surface area (Å²) in [7, 11) is 0. The maximum Gasteiger partial charge on any atom is 0.150 e. The predicted octanol–water partition coefficient (Wildman–Crippen LogP) is 2.85. The van der Waals surface area contributed by atoms with Gasteiger partial charge in [0.05, 0.1) is 0 Å². The maximum absolute atomic E-state index is 4.42. The third-order valence-corrected chi connectivity index (χ3v) is 3.58. The molecule has 2 heterocycles. The number of hydrogen-bond donors (Lipinski definition) is 1. The number of hydrogen-bond acceptors (Lipinski definition) is 4. The van der Waals surface area contributed by atoms with Crippen LogP contribution in [0.5, 0.6) is 0 Å². The highest BCUT2D eigenvalue weighted by molar-refractivity contribution is 7.12. The number of nitrogens with one attached hydrogen (secondary N) is 1. The molecule has 0 amide bonds. The van der Waals surface area contributed by atoms with Crippen molar-refractivity contribution in [3.63, 3.8) is 0 Å². The van der Waals surface area contributed by atoms with Crippen LogP contribution in [0, 0.1) is 13.8 Å². The molecule has 1 atom stereocenters. The molecule has 0 saturated heterocycles. The van der Waals surface area contributed by atoms with Crippen LogP contribution in [-0.2, 0) is 0 Å². The first kappa shape index (κ1) is 12.2. The smallest absolute Gasteiger partial charge is 0.150 e. The minimum atomic E-state index is 0.110. The average molecular weight is 247 g/mol. The molecule has 90 valence electrons. The molecule has 0 aliphatic rings. The van der Waals surface area contributed by atoms with Crippen molar-refractivity contribution in [2.75, 3.05) is 6.54 Å². The maximum atomic E-state index is 4.42. The van der Waals surface area contributed by atoms with Crippen LogP contribution < -0.4 is 5.32 Å². The molecular weight excluding hydrogens is 230 g/mol. The Kier molecular flexibility index (Phi) is 3.86. The fourth-order valence-electron chi connectivity index (χ4n) is 1.68. The molecule has 1 unspecified atom stereocenters. The van der Waals surface area contributed by atoms with Crippen molar-refractivity contribution in [1.82, 2.24) is 15.3 Å². The summed E-state index contributed by atoms with van der Waals surface area (Å²) in [6.45, 7) is 7.12. The SMILES string of the molecule is CCNC(c1ncc(C)cn1)c1ccc(C)s1. The molecule has 17 heavy (non-hydrogen) atoms. The topological polar surface area (TPSA) is 37.8 Å². The zero-order valence-corrected chi connectivity index (χ0v) is 11.2. The monoisotopic (exact) mass is 247 g/mol. The molecule has 2 rings (SSSR count). The van der Waals surface area contributed by atoms with E-state index in [1.54, 1.807) is 11.3 Å². The van der Waals surface area contributed by atoms with Crippen molar-refractivity contribution in [3.05, 3.63) is 45.7 Å². The molecule has 0 aliphatic carbocycles. The first-order chi connectivity index (χ1) is 8.20. The van der Waals surface area contributed by atoms with Crippen molar-refractivity contribution in [2.24, 2.45) is 0 Å². The number of nitrogens with zero attached hydrogens (tertiary/aromatic N) is 2. The first-order valence-corrected chi connectivity index (χ1v) is 6.60. The Labute approximate surface area is 106 Å². The van der Waals surface area contributed by atoms with Gasteiger partial charge < -0.3 is 5.32 Å². The lowest BCUT2D eigenvalue weighted by molar-refractivity contribution is 0.605. The van der Waals surface area contributed by atoms with E-state index >= 15 is 0 Å². The van der Waals surface area contributed by atoms with Gasteiger partial charge in [-0.25, -0.2) is 9.97 Å². The second kappa shape index (κ2) is 5.38. The van der Waals surface area contributed by atoms with Gasteiger partial charge in [-0.1, -0.05) is 6.92 Å². The van der Waals surface area contributed by atoms with Gasteiger partial charge in [0, 0.05) is 22.1 Å². The van der Waals surface area contributed by atoms with E-state index in [4.69, 9.17) is 0 Å². The minimum Gasteiger partial charge on any atom is -0.303 e. The molecule has 0 radical (unpaired) electrons. The van der Waals surface area contributed by atoms with E-state index < -0.39 is 0 Å². The van der Waals surface area contributed by atoms with E-state index in [9.17, 15) is 0 Å². The van der Waals surface area contributed by atoms with Crippen LogP contribution in [0.2, 0.25) is 0 Å². The van der Waals surface area contributed by atoms with E-state index in [-0.39, 0.29) is 6.04 Å². The summed E-state index contributed by atoms with van der Waals surface area (Å²) in [6, 6.07) is 4.40. The van der Waals surface area contributed by atoms with Crippen molar-refractivity contribution in [2.45, 2.75) is 26.8 Å². The van der Waals surface area contributed by atoms with Crippen LogP contribution in [0.3, 0.4) is 0 Å². The normalized spacial score (nSPS) is 12.6. The average Bonchev–Trinajstić information content (AvgIpc) is 2.74. The summed E-state index contributed by atoms with van der Waals surface area (Å²) < 4.78 is 0. The van der Waals surface area contributed by atoms with Crippen molar-refractivity contribution in [1.29, 1.82) is 0 Å². The lowest BCUT2D eigenvalue weighted by Gasteiger charge is -2.14. The first-order valence-electron chi connectivity index (χ1n) is 5.79. The summed E-state index contributed by atoms with van der Waals surface area (Å²) in [5.41, 5.74) is 1.09. The van der Waals surface area contributed by atoms with Gasteiger partial charge in [-0.05, 0) is 38.1 Å². The summed E-state index contributed by atoms with van der Waals surface area (Å²) in [6.07, 6.45) is 3.74. The molecule has 2 aromatic rings. The second-order valence-electron chi connectivity index (χ2n) is 4.06. The molecule has 0 bridgehead atoms. The lowest BCUT2D eigenvalue weighted by atomic mass is 10.2. The van der Waals surface area contributed by atoms with Gasteiger partial charge >= 0.3 is 0 Å². The molecule has 3 nitrogen and oxygen atoms in total. The fourth-order valence-corrected chi connectivity index (χ4v) is 2.63. The van der Waals surface area contributed by atoms with Crippen molar-refractivity contribution in [3.8, 4) is 0 Å². The molecule has 0 fully saturated rings. The standard InChI is InChI=1S/C13H17N3S/c1-4-14-12(11-6-5-10(3)17-11)13-15-7-9(2)8-16-13/h5-8,12,14H,4H2,1-3H3. The Balaban J connectivity index is 2.31. The van der Waals surface area contributed by atoms with Gasteiger partial charge in [-0.2, -0.15) is 0 Å². The van der Waals surface area contributed by atoms with Crippen LogP contribution >= 0.6 is 11.3 Å². The number of rotatable bonds is 4.